The monoisotopic (exact) mass is 264 g/mol. The fourth-order valence-corrected chi connectivity index (χ4v) is 3.94. The van der Waals surface area contributed by atoms with Gasteiger partial charge in [-0.05, 0) is 50.5 Å². The number of hydrogen-bond donors (Lipinski definition) is 1. The first kappa shape index (κ1) is 13.4. The van der Waals surface area contributed by atoms with Crippen molar-refractivity contribution in [2.45, 2.75) is 70.9 Å². The first-order valence-electron chi connectivity index (χ1n) is 8.12. The molecule has 0 aromatic carbocycles. The van der Waals surface area contributed by atoms with Gasteiger partial charge in [0.05, 0.1) is 0 Å². The summed E-state index contributed by atoms with van der Waals surface area (Å²) in [6.45, 7) is 6.64. The van der Waals surface area contributed by atoms with Gasteiger partial charge < -0.3 is 10.2 Å². The summed E-state index contributed by atoms with van der Waals surface area (Å²) in [6, 6.07) is 1.11. The van der Waals surface area contributed by atoms with Crippen LogP contribution in [0.25, 0.3) is 0 Å². The smallest absolute Gasteiger partial charge is 0.226 e. The van der Waals surface area contributed by atoms with Crippen LogP contribution in [0, 0.1) is 11.3 Å². The van der Waals surface area contributed by atoms with Crippen molar-refractivity contribution >= 4 is 5.91 Å². The highest BCUT2D eigenvalue weighted by molar-refractivity contribution is 5.80. The molecule has 2 atom stereocenters. The lowest BCUT2D eigenvalue weighted by molar-refractivity contribution is -0.139. The summed E-state index contributed by atoms with van der Waals surface area (Å²) in [5, 5.41) is 3.54. The first-order valence-corrected chi connectivity index (χ1v) is 8.12. The van der Waals surface area contributed by atoms with E-state index in [0.29, 0.717) is 18.0 Å². The molecule has 0 spiro atoms. The maximum absolute atomic E-state index is 12.9. The maximum atomic E-state index is 12.9. The molecular weight excluding hydrogens is 236 g/mol. The molecule has 0 radical (unpaired) electrons. The van der Waals surface area contributed by atoms with Crippen LogP contribution in [0.1, 0.15) is 58.8 Å². The van der Waals surface area contributed by atoms with E-state index in [4.69, 9.17) is 0 Å². The molecule has 1 amide bonds. The Balaban J connectivity index is 1.67. The van der Waals surface area contributed by atoms with Crippen LogP contribution in [0.15, 0.2) is 0 Å². The van der Waals surface area contributed by atoms with E-state index in [1.807, 2.05) is 0 Å². The normalized spacial score (nSPS) is 33.6. The quantitative estimate of drug-likeness (QED) is 0.846. The zero-order valence-electron chi connectivity index (χ0n) is 12.5. The summed E-state index contributed by atoms with van der Waals surface area (Å²) in [7, 11) is 0. The second-order valence-corrected chi connectivity index (χ2v) is 7.45. The van der Waals surface area contributed by atoms with Gasteiger partial charge in [0, 0.05) is 24.5 Å². The third kappa shape index (κ3) is 2.81. The Labute approximate surface area is 117 Å². The van der Waals surface area contributed by atoms with Gasteiger partial charge in [0.2, 0.25) is 5.91 Å². The Kier molecular flexibility index (Phi) is 3.59. The molecule has 3 fully saturated rings. The van der Waals surface area contributed by atoms with Gasteiger partial charge in [0.1, 0.15) is 0 Å². The van der Waals surface area contributed by atoms with Crippen molar-refractivity contribution in [3.05, 3.63) is 0 Å². The molecule has 2 saturated carbocycles. The fraction of sp³-hybridized carbons (Fsp3) is 0.938. The molecular formula is C16H28N2O. The summed E-state index contributed by atoms with van der Waals surface area (Å²) in [5.74, 6) is 0.730. The van der Waals surface area contributed by atoms with Crippen LogP contribution in [-0.2, 0) is 4.79 Å². The molecule has 3 nitrogen and oxygen atoms in total. The van der Waals surface area contributed by atoms with Crippen molar-refractivity contribution in [3.63, 3.8) is 0 Å². The molecule has 1 heterocycles. The largest absolute Gasteiger partial charge is 0.338 e. The molecule has 0 aromatic rings. The average Bonchev–Trinajstić information content (AvgIpc) is 2.95. The standard InChI is InChI=1S/C16H28N2O/c1-16(2)9-3-6-14(16)15(19)18(13-7-8-13)11-12-5-4-10-17-12/h12-14,17H,3-11H2,1-2H3. The average molecular weight is 264 g/mol. The number of amides is 1. The van der Waals surface area contributed by atoms with Gasteiger partial charge in [0.25, 0.3) is 0 Å². The van der Waals surface area contributed by atoms with Crippen LogP contribution in [0.3, 0.4) is 0 Å². The van der Waals surface area contributed by atoms with E-state index < -0.39 is 0 Å². The number of rotatable bonds is 4. The number of carbonyl (C=O) groups is 1. The van der Waals surface area contributed by atoms with Crippen LogP contribution in [0.2, 0.25) is 0 Å². The van der Waals surface area contributed by atoms with Crippen molar-refractivity contribution in [1.82, 2.24) is 10.2 Å². The number of nitrogens with one attached hydrogen (secondary N) is 1. The van der Waals surface area contributed by atoms with E-state index >= 15 is 0 Å². The Morgan fingerprint density at radius 1 is 1.21 bits per heavy atom. The van der Waals surface area contributed by atoms with Crippen LogP contribution >= 0.6 is 0 Å². The second-order valence-electron chi connectivity index (χ2n) is 7.45. The lowest BCUT2D eigenvalue weighted by Crippen LogP contribution is -2.46. The third-order valence-electron chi connectivity index (χ3n) is 5.41. The third-order valence-corrected chi connectivity index (χ3v) is 5.41. The second kappa shape index (κ2) is 5.08. The minimum atomic E-state index is 0.216. The molecule has 2 aliphatic carbocycles. The van der Waals surface area contributed by atoms with Gasteiger partial charge in [0.15, 0.2) is 0 Å². The Hall–Kier alpha value is -0.570. The molecule has 19 heavy (non-hydrogen) atoms. The summed E-state index contributed by atoms with van der Waals surface area (Å²) in [6.07, 6.45) is 8.51. The lowest BCUT2D eigenvalue weighted by Gasteiger charge is -2.33. The van der Waals surface area contributed by atoms with E-state index in [1.54, 1.807) is 0 Å². The summed E-state index contributed by atoms with van der Waals surface area (Å²) in [5.41, 5.74) is 0.216. The highest BCUT2D eigenvalue weighted by atomic mass is 16.2. The molecule has 3 rings (SSSR count). The Bertz CT molecular complexity index is 343. The summed E-state index contributed by atoms with van der Waals surface area (Å²) in [4.78, 5) is 15.2. The Morgan fingerprint density at radius 3 is 2.53 bits per heavy atom. The predicted octanol–water partition coefficient (Wildman–Crippen LogP) is 2.56. The zero-order valence-corrected chi connectivity index (χ0v) is 12.5. The van der Waals surface area contributed by atoms with Crippen LogP contribution < -0.4 is 5.32 Å². The topological polar surface area (TPSA) is 32.3 Å². The molecule has 1 saturated heterocycles. The van der Waals surface area contributed by atoms with E-state index in [1.165, 1.54) is 38.5 Å². The maximum Gasteiger partial charge on any atom is 0.226 e. The van der Waals surface area contributed by atoms with Crippen LogP contribution in [0.4, 0.5) is 0 Å². The number of nitrogens with zero attached hydrogens (tertiary/aromatic N) is 1. The van der Waals surface area contributed by atoms with Gasteiger partial charge in [-0.2, -0.15) is 0 Å². The predicted molar refractivity (Wildman–Crippen MR) is 76.9 cm³/mol. The number of hydrogen-bond acceptors (Lipinski definition) is 2. The van der Waals surface area contributed by atoms with E-state index in [0.717, 1.165) is 19.5 Å². The van der Waals surface area contributed by atoms with E-state index in [9.17, 15) is 4.79 Å². The highest BCUT2D eigenvalue weighted by Gasteiger charge is 2.44. The Morgan fingerprint density at radius 2 is 2.00 bits per heavy atom. The van der Waals surface area contributed by atoms with Crippen molar-refractivity contribution in [1.29, 1.82) is 0 Å². The number of carbonyl (C=O) groups excluding carboxylic acids is 1. The van der Waals surface area contributed by atoms with Crippen molar-refractivity contribution < 1.29 is 4.79 Å². The molecule has 2 unspecified atom stereocenters. The zero-order chi connectivity index (χ0) is 13.5. The molecule has 3 aliphatic rings. The van der Waals surface area contributed by atoms with Crippen LogP contribution in [0.5, 0.6) is 0 Å². The van der Waals surface area contributed by atoms with Crippen molar-refractivity contribution in [3.8, 4) is 0 Å². The molecule has 3 heteroatoms. The molecule has 0 bridgehead atoms. The fourth-order valence-electron chi connectivity index (χ4n) is 3.94. The minimum Gasteiger partial charge on any atom is -0.338 e. The first-order chi connectivity index (χ1) is 9.08. The van der Waals surface area contributed by atoms with E-state index in [-0.39, 0.29) is 11.3 Å². The van der Waals surface area contributed by atoms with Crippen molar-refractivity contribution in [2.75, 3.05) is 13.1 Å². The minimum absolute atomic E-state index is 0.216. The molecule has 1 aliphatic heterocycles. The van der Waals surface area contributed by atoms with Crippen molar-refractivity contribution in [2.24, 2.45) is 11.3 Å². The van der Waals surface area contributed by atoms with Gasteiger partial charge in [-0.3, -0.25) is 4.79 Å². The highest BCUT2D eigenvalue weighted by Crippen LogP contribution is 2.44. The molecule has 108 valence electrons. The van der Waals surface area contributed by atoms with Crippen LogP contribution in [-0.4, -0.2) is 36.0 Å². The van der Waals surface area contributed by atoms with E-state index in [2.05, 4.69) is 24.1 Å². The summed E-state index contributed by atoms with van der Waals surface area (Å²) >= 11 is 0. The van der Waals surface area contributed by atoms with Gasteiger partial charge >= 0.3 is 0 Å². The van der Waals surface area contributed by atoms with Gasteiger partial charge in [-0.1, -0.05) is 20.3 Å². The summed E-state index contributed by atoms with van der Waals surface area (Å²) < 4.78 is 0. The van der Waals surface area contributed by atoms with Gasteiger partial charge in [-0.25, -0.2) is 0 Å². The molecule has 0 aromatic heterocycles. The molecule has 1 N–H and O–H groups in total. The van der Waals surface area contributed by atoms with Gasteiger partial charge in [-0.15, -0.1) is 0 Å². The lowest BCUT2D eigenvalue weighted by atomic mass is 9.81. The SMILES string of the molecule is CC1(C)CCCC1C(=O)N(CC1CCCN1)C1CC1.